The standard InChI is InChI=1S/C20H23N3O3/c24-18-11-9-14-8-10-16(13-17(14)21-18)25-12-4-7-19-22-23-20(26-19)15-5-2-1-3-6-15/h8-11,13,15H,1-7,12H2,(H,21,24). The van der Waals surface area contributed by atoms with Gasteiger partial charge < -0.3 is 14.1 Å². The summed E-state index contributed by atoms with van der Waals surface area (Å²) in [6.07, 6.45) is 7.67. The third-order valence-electron chi connectivity index (χ3n) is 4.94. The Morgan fingerprint density at radius 1 is 1.12 bits per heavy atom. The lowest BCUT2D eigenvalue weighted by atomic mass is 9.89. The Bertz CT molecular complexity index is 925. The molecule has 1 aromatic carbocycles. The second-order valence-corrected chi connectivity index (χ2v) is 6.89. The van der Waals surface area contributed by atoms with Gasteiger partial charge in [0.15, 0.2) is 0 Å². The monoisotopic (exact) mass is 353 g/mol. The van der Waals surface area contributed by atoms with Crippen LogP contribution in [-0.2, 0) is 6.42 Å². The molecule has 4 rings (SSSR count). The highest BCUT2D eigenvalue weighted by Crippen LogP contribution is 2.31. The van der Waals surface area contributed by atoms with E-state index in [0.717, 1.165) is 41.8 Å². The quantitative estimate of drug-likeness (QED) is 0.678. The number of fused-ring (bicyclic) bond motifs is 1. The first-order chi connectivity index (χ1) is 12.8. The van der Waals surface area contributed by atoms with Crippen LogP contribution < -0.4 is 10.3 Å². The number of rotatable bonds is 6. The Morgan fingerprint density at radius 2 is 1.96 bits per heavy atom. The van der Waals surface area contributed by atoms with E-state index in [2.05, 4.69) is 15.2 Å². The maximum atomic E-state index is 11.4. The molecule has 0 spiro atoms. The lowest BCUT2D eigenvalue weighted by molar-refractivity contribution is 0.300. The zero-order valence-corrected chi connectivity index (χ0v) is 14.7. The molecule has 0 amide bonds. The molecule has 0 radical (unpaired) electrons. The molecule has 0 saturated heterocycles. The van der Waals surface area contributed by atoms with Crippen LogP contribution in [0.3, 0.4) is 0 Å². The van der Waals surface area contributed by atoms with Crippen molar-refractivity contribution >= 4 is 10.9 Å². The van der Waals surface area contributed by atoms with Crippen molar-refractivity contribution in [3.8, 4) is 5.75 Å². The van der Waals surface area contributed by atoms with E-state index in [4.69, 9.17) is 9.15 Å². The molecule has 1 fully saturated rings. The van der Waals surface area contributed by atoms with Crippen molar-refractivity contribution in [3.05, 3.63) is 52.5 Å². The van der Waals surface area contributed by atoms with Crippen LogP contribution in [-0.4, -0.2) is 21.8 Å². The second-order valence-electron chi connectivity index (χ2n) is 6.89. The number of hydrogen-bond acceptors (Lipinski definition) is 5. The third kappa shape index (κ3) is 3.95. The number of pyridine rings is 1. The maximum absolute atomic E-state index is 11.4. The number of aromatic nitrogens is 3. The summed E-state index contributed by atoms with van der Waals surface area (Å²) in [4.78, 5) is 14.2. The minimum atomic E-state index is -0.111. The van der Waals surface area contributed by atoms with E-state index in [1.54, 1.807) is 6.07 Å². The van der Waals surface area contributed by atoms with Gasteiger partial charge in [-0.3, -0.25) is 4.79 Å². The fourth-order valence-electron chi connectivity index (χ4n) is 3.51. The summed E-state index contributed by atoms with van der Waals surface area (Å²) in [7, 11) is 0. The molecule has 136 valence electrons. The molecule has 6 heteroatoms. The summed E-state index contributed by atoms with van der Waals surface area (Å²) < 4.78 is 11.6. The van der Waals surface area contributed by atoms with Gasteiger partial charge in [0, 0.05) is 24.5 Å². The molecule has 26 heavy (non-hydrogen) atoms. The number of ether oxygens (including phenoxy) is 1. The number of nitrogens with one attached hydrogen (secondary N) is 1. The number of H-pyrrole nitrogens is 1. The minimum absolute atomic E-state index is 0.111. The molecular weight excluding hydrogens is 330 g/mol. The van der Waals surface area contributed by atoms with Crippen LogP contribution in [0.5, 0.6) is 5.75 Å². The van der Waals surface area contributed by atoms with Gasteiger partial charge in [-0.25, -0.2) is 0 Å². The van der Waals surface area contributed by atoms with Crippen LogP contribution in [0.1, 0.15) is 56.2 Å². The van der Waals surface area contributed by atoms with E-state index in [1.165, 1.54) is 25.3 Å². The van der Waals surface area contributed by atoms with Crippen molar-refractivity contribution in [2.24, 2.45) is 0 Å². The SMILES string of the molecule is O=c1ccc2ccc(OCCCc3nnc(C4CCCCC4)o3)cc2[nH]1. The van der Waals surface area contributed by atoms with Crippen molar-refractivity contribution in [3.63, 3.8) is 0 Å². The molecule has 2 aromatic heterocycles. The zero-order valence-electron chi connectivity index (χ0n) is 14.7. The average molecular weight is 353 g/mol. The summed E-state index contributed by atoms with van der Waals surface area (Å²) in [6, 6.07) is 9.03. The first kappa shape index (κ1) is 16.8. The summed E-state index contributed by atoms with van der Waals surface area (Å²) in [5.41, 5.74) is 0.670. The van der Waals surface area contributed by atoms with Crippen molar-refractivity contribution in [1.82, 2.24) is 15.2 Å². The molecule has 1 saturated carbocycles. The van der Waals surface area contributed by atoms with Gasteiger partial charge in [0.05, 0.1) is 12.1 Å². The van der Waals surface area contributed by atoms with Gasteiger partial charge in [-0.05, 0) is 42.8 Å². The first-order valence-corrected chi connectivity index (χ1v) is 9.36. The molecule has 6 nitrogen and oxygen atoms in total. The van der Waals surface area contributed by atoms with Crippen LogP contribution in [0.4, 0.5) is 0 Å². The van der Waals surface area contributed by atoms with Gasteiger partial charge in [0.25, 0.3) is 0 Å². The molecular formula is C20H23N3O3. The van der Waals surface area contributed by atoms with Crippen LogP contribution in [0.25, 0.3) is 10.9 Å². The van der Waals surface area contributed by atoms with E-state index in [9.17, 15) is 4.79 Å². The van der Waals surface area contributed by atoms with E-state index in [-0.39, 0.29) is 5.56 Å². The Morgan fingerprint density at radius 3 is 2.85 bits per heavy atom. The molecule has 0 aliphatic heterocycles. The summed E-state index contributed by atoms with van der Waals surface area (Å²) in [6.45, 7) is 0.559. The maximum Gasteiger partial charge on any atom is 0.248 e. The molecule has 1 aliphatic rings. The summed E-state index contributed by atoms with van der Waals surface area (Å²) >= 11 is 0. The Labute approximate surface area is 151 Å². The summed E-state index contributed by atoms with van der Waals surface area (Å²) in [5.74, 6) is 2.69. The minimum Gasteiger partial charge on any atom is -0.494 e. The second kappa shape index (κ2) is 7.72. The molecule has 0 atom stereocenters. The fourth-order valence-corrected chi connectivity index (χ4v) is 3.51. The lowest BCUT2D eigenvalue weighted by Crippen LogP contribution is -2.04. The van der Waals surface area contributed by atoms with E-state index < -0.39 is 0 Å². The molecule has 3 aromatic rings. The van der Waals surface area contributed by atoms with Crippen molar-refractivity contribution < 1.29 is 9.15 Å². The molecule has 1 aliphatic carbocycles. The highest BCUT2D eigenvalue weighted by Gasteiger charge is 2.21. The smallest absolute Gasteiger partial charge is 0.248 e. The van der Waals surface area contributed by atoms with Gasteiger partial charge in [-0.2, -0.15) is 0 Å². The van der Waals surface area contributed by atoms with Crippen LogP contribution >= 0.6 is 0 Å². The predicted molar refractivity (Wildman–Crippen MR) is 98.5 cm³/mol. The van der Waals surface area contributed by atoms with Crippen LogP contribution in [0, 0.1) is 0 Å². The number of aryl methyl sites for hydroxylation is 1. The highest BCUT2D eigenvalue weighted by atomic mass is 16.5. The fraction of sp³-hybridized carbons (Fsp3) is 0.450. The van der Waals surface area contributed by atoms with Gasteiger partial charge in [0.1, 0.15) is 5.75 Å². The van der Waals surface area contributed by atoms with Gasteiger partial charge in [-0.1, -0.05) is 19.3 Å². The lowest BCUT2D eigenvalue weighted by Gasteiger charge is -2.17. The van der Waals surface area contributed by atoms with E-state index in [1.807, 2.05) is 18.2 Å². The third-order valence-corrected chi connectivity index (χ3v) is 4.94. The van der Waals surface area contributed by atoms with Gasteiger partial charge in [-0.15, -0.1) is 10.2 Å². The average Bonchev–Trinajstić information content (AvgIpc) is 3.14. The highest BCUT2D eigenvalue weighted by molar-refractivity contribution is 5.79. The largest absolute Gasteiger partial charge is 0.494 e. The van der Waals surface area contributed by atoms with Crippen molar-refractivity contribution in [2.75, 3.05) is 6.61 Å². The zero-order chi connectivity index (χ0) is 17.8. The Balaban J connectivity index is 1.28. The normalized spacial score (nSPS) is 15.4. The molecule has 0 bridgehead atoms. The predicted octanol–water partition coefficient (Wildman–Crippen LogP) is 3.97. The number of nitrogens with zero attached hydrogens (tertiary/aromatic N) is 2. The number of benzene rings is 1. The summed E-state index contributed by atoms with van der Waals surface area (Å²) in [5, 5.41) is 9.39. The molecule has 0 unspecified atom stereocenters. The number of hydrogen-bond donors (Lipinski definition) is 1. The Hall–Kier alpha value is -2.63. The Kier molecular flexibility index (Phi) is 5.00. The molecule has 1 N–H and O–H groups in total. The van der Waals surface area contributed by atoms with Crippen LogP contribution in [0.2, 0.25) is 0 Å². The topological polar surface area (TPSA) is 81.0 Å². The van der Waals surface area contributed by atoms with E-state index >= 15 is 0 Å². The molecule has 2 heterocycles. The number of aromatic amines is 1. The first-order valence-electron chi connectivity index (χ1n) is 9.36. The van der Waals surface area contributed by atoms with Gasteiger partial charge >= 0.3 is 0 Å². The van der Waals surface area contributed by atoms with E-state index in [0.29, 0.717) is 24.8 Å². The van der Waals surface area contributed by atoms with Crippen LogP contribution in [0.15, 0.2) is 39.5 Å². The van der Waals surface area contributed by atoms with Gasteiger partial charge in [0.2, 0.25) is 17.3 Å². The van der Waals surface area contributed by atoms with Crippen molar-refractivity contribution in [2.45, 2.75) is 50.9 Å². The van der Waals surface area contributed by atoms with Crippen molar-refractivity contribution in [1.29, 1.82) is 0 Å².